The molecule has 0 unspecified atom stereocenters. The predicted octanol–water partition coefficient (Wildman–Crippen LogP) is 2.61. The van der Waals surface area contributed by atoms with Gasteiger partial charge in [0.1, 0.15) is 0 Å². The molecule has 11 heavy (non-hydrogen) atoms. The van der Waals surface area contributed by atoms with Crippen molar-refractivity contribution in [1.82, 2.24) is 4.57 Å². The highest BCUT2D eigenvalue weighted by molar-refractivity contribution is 5.51. The molecule has 0 aliphatic carbocycles. The van der Waals surface area contributed by atoms with Crippen molar-refractivity contribution in [3.05, 3.63) is 42.3 Å². The van der Waals surface area contributed by atoms with E-state index in [-0.39, 0.29) is 0 Å². The Morgan fingerprint density at radius 1 is 1.64 bits per heavy atom. The van der Waals surface area contributed by atoms with Crippen molar-refractivity contribution >= 4 is 6.08 Å². The lowest BCUT2D eigenvalue weighted by atomic mass is 10.2. The molecular weight excluding hydrogens is 134 g/mol. The molecule has 0 fully saturated rings. The maximum atomic E-state index is 3.69. The van der Waals surface area contributed by atoms with Gasteiger partial charge in [-0.2, -0.15) is 0 Å². The van der Waals surface area contributed by atoms with Gasteiger partial charge in [0.05, 0.1) is 0 Å². The van der Waals surface area contributed by atoms with Crippen LogP contribution < -0.4 is 0 Å². The minimum absolute atomic E-state index is 1.19. The molecule has 0 atom stereocenters. The van der Waals surface area contributed by atoms with Crippen LogP contribution in [0.2, 0.25) is 0 Å². The lowest BCUT2D eigenvalue weighted by Gasteiger charge is -1.96. The van der Waals surface area contributed by atoms with Crippen LogP contribution in [0.15, 0.2) is 36.6 Å². The second-order valence-corrected chi connectivity index (χ2v) is 2.64. The Bertz CT molecular complexity index is 279. The van der Waals surface area contributed by atoms with E-state index in [1.165, 1.54) is 11.3 Å². The van der Waals surface area contributed by atoms with Gasteiger partial charge in [-0.25, -0.2) is 0 Å². The highest BCUT2D eigenvalue weighted by Gasteiger charge is 1.90. The van der Waals surface area contributed by atoms with Gasteiger partial charge in [-0.1, -0.05) is 12.7 Å². The van der Waals surface area contributed by atoms with E-state index >= 15 is 0 Å². The fourth-order valence-corrected chi connectivity index (χ4v) is 0.916. The molecule has 0 spiro atoms. The zero-order valence-corrected chi connectivity index (χ0v) is 7.04. The molecule has 0 aromatic carbocycles. The molecule has 58 valence electrons. The normalized spacial score (nSPS) is 11.6. The predicted molar refractivity (Wildman–Crippen MR) is 49.3 cm³/mol. The van der Waals surface area contributed by atoms with E-state index in [0.29, 0.717) is 0 Å². The molecule has 0 saturated carbocycles. The topological polar surface area (TPSA) is 4.93 Å². The fourth-order valence-electron chi connectivity index (χ4n) is 0.916. The van der Waals surface area contributed by atoms with Crippen LogP contribution in [-0.4, -0.2) is 4.57 Å². The molecule has 0 aliphatic rings. The Morgan fingerprint density at radius 3 is 2.82 bits per heavy atom. The van der Waals surface area contributed by atoms with E-state index in [9.17, 15) is 0 Å². The Balaban J connectivity index is 2.94. The average molecular weight is 147 g/mol. The van der Waals surface area contributed by atoms with Crippen molar-refractivity contribution in [3.63, 3.8) is 0 Å². The largest absolute Gasteiger partial charge is 0.351 e. The van der Waals surface area contributed by atoms with Gasteiger partial charge in [0.2, 0.25) is 0 Å². The summed E-state index contributed by atoms with van der Waals surface area (Å²) in [5, 5.41) is 0. The molecule has 0 amide bonds. The molecule has 1 heteroatoms. The SMILES string of the molecule is C=C/C(C)=C\c1cccn1C. The van der Waals surface area contributed by atoms with E-state index < -0.39 is 0 Å². The fraction of sp³-hybridized carbons (Fsp3) is 0.200. The molecule has 1 rings (SSSR count). The van der Waals surface area contributed by atoms with E-state index in [4.69, 9.17) is 0 Å². The summed E-state index contributed by atoms with van der Waals surface area (Å²) in [6, 6.07) is 4.11. The maximum absolute atomic E-state index is 3.69. The average Bonchev–Trinajstić information content (AvgIpc) is 2.37. The van der Waals surface area contributed by atoms with Gasteiger partial charge in [0.15, 0.2) is 0 Å². The van der Waals surface area contributed by atoms with E-state index in [1.807, 2.05) is 32.3 Å². The first kappa shape index (κ1) is 7.86. The summed E-state index contributed by atoms with van der Waals surface area (Å²) in [6.45, 7) is 5.73. The van der Waals surface area contributed by atoms with Gasteiger partial charge in [-0.15, -0.1) is 0 Å². The number of allylic oxidation sites excluding steroid dienone is 2. The first-order chi connectivity index (χ1) is 5.24. The summed E-state index contributed by atoms with van der Waals surface area (Å²) < 4.78 is 2.08. The second kappa shape index (κ2) is 3.24. The van der Waals surface area contributed by atoms with Crippen LogP contribution in [0.25, 0.3) is 6.08 Å². The highest BCUT2D eigenvalue weighted by atomic mass is 14.9. The number of nitrogens with zero attached hydrogens (tertiary/aromatic N) is 1. The molecule has 1 nitrogen and oxygen atoms in total. The molecule has 0 aliphatic heterocycles. The van der Waals surface area contributed by atoms with Crippen molar-refractivity contribution in [3.8, 4) is 0 Å². The maximum Gasteiger partial charge on any atom is 0.0406 e. The molecule has 1 aromatic heterocycles. The Hall–Kier alpha value is -1.24. The second-order valence-electron chi connectivity index (χ2n) is 2.64. The molecule has 0 bridgehead atoms. The van der Waals surface area contributed by atoms with Crippen molar-refractivity contribution in [2.45, 2.75) is 6.92 Å². The third kappa shape index (κ3) is 1.84. The van der Waals surface area contributed by atoms with Gasteiger partial charge >= 0.3 is 0 Å². The summed E-state index contributed by atoms with van der Waals surface area (Å²) in [7, 11) is 2.03. The lowest BCUT2D eigenvalue weighted by molar-refractivity contribution is 0.914. The third-order valence-electron chi connectivity index (χ3n) is 1.68. The quantitative estimate of drug-likeness (QED) is 0.567. The van der Waals surface area contributed by atoms with Crippen LogP contribution in [0.5, 0.6) is 0 Å². The Kier molecular flexibility index (Phi) is 2.32. The third-order valence-corrected chi connectivity index (χ3v) is 1.68. The monoisotopic (exact) mass is 147 g/mol. The molecule has 0 N–H and O–H groups in total. The first-order valence-electron chi connectivity index (χ1n) is 3.66. The number of aryl methyl sites for hydroxylation is 1. The van der Waals surface area contributed by atoms with Gasteiger partial charge in [0, 0.05) is 18.9 Å². The lowest BCUT2D eigenvalue weighted by Crippen LogP contribution is -1.87. The number of hydrogen-bond donors (Lipinski definition) is 0. The van der Waals surface area contributed by atoms with Crippen molar-refractivity contribution in [2.24, 2.45) is 7.05 Å². The van der Waals surface area contributed by atoms with Crippen molar-refractivity contribution < 1.29 is 0 Å². The van der Waals surface area contributed by atoms with Crippen LogP contribution >= 0.6 is 0 Å². The van der Waals surface area contributed by atoms with Crippen LogP contribution in [0.1, 0.15) is 12.6 Å². The molecular formula is C10H13N. The van der Waals surface area contributed by atoms with Gasteiger partial charge in [0.25, 0.3) is 0 Å². The highest BCUT2D eigenvalue weighted by Crippen LogP contribution is 2.06. The number of rotatable bonds is 2. The zero-order chi connectivity index (χ0) is 8.27. The van der Waals surface area contributed by atoms with Gasteiger partial charge in [-0.05, 0) is 30.7 Å². The summed E-state index contributed by atoms with van der Waals surface area (Å²) in [6.07, 6.45) is 5.99. The summed E-state index contributed by atoms with van der Waals surface area (Å²) in [4.78, 5) is 0. The van der Waals surface area contributed by atoms with E-state index in [2.05, 4.69) is 23.3 Å². The van der Waals surface area contributed by atoms with Gasteiger partial charge < -0.3 is 4.57 Å². The van der Waals surface area contributed by atoms with Crippen molar-refractivity contribution in [1.29, 1.82) is 0 Å². The van der Waals surface area contributed by atoms with Crippen LogP contribution in [-0.2, 0) is 7.05 Å². The Labute approximate surface area is 67.7 Å². The molecule has 1 heterocycles. The number of hydrogen-bond acceptors (Lipinski definition) is 0. The van der Waals surface area contributed by atoms with Crippen molar-refractivity contribution in [2.75, 3.05) is 0 Å². The van der Waals surface area contributed by atoms with Gasteiger partial charge in [-0.3, -0.25) is 0 Å². The smallest absolute Gasteiger partial charge is 0.0406 e. The minimum Gasteiger partial charge on any atom is -0.351 e. The summed E-state index contributed by atoms with van der Waals surface area (Å²) in [5.74, 6) is 0. The first-order valence-corrected chi connectivity index (χ1v) is 3.66. The molecule has 1 aromatic rings. The summed E-state index contributed by atoms with van der Waals surface area (Å²) in [5.41, 5.74) is 2.40. The van der Waals surface area contributed by atoms with E-state index in [0.717, 1.165) is 0 Å². The van der Waals surface area contributed by atoms with E-state index in [1.54, 1.807) is 0 Å². The zero-order valence-electron chi connectivity index (χ0n) is 7.04. The minimum atomic E-state index is 1.19. The van der Waals surface area contributed by atoms with Crippen LogP contribution in [0.3, 0.4) is 0 Å². The van der Waals surface area contributed by atoms with Crippen LogP contribution in [0, 0.1) is 0 Å². The standard InChI is InChI=1S/C10H13N/c1-4-9(2)8-10-6-5-7-11(10)3/h4-8H,1H2,2-3H3/b9-8-. The van der Waals surface area contributed by atoms with Crippen LogP contribution in [0.4, 0.5) is 0 Å². The Morgan fingerprint density at radius 2 is 2.36 bits per heavy atom. The number of aromatic nitrogens is 1. The summed E-state index contributed by atoms with van der Waals surface area (Å²) >= 11 is 0. The molecule has 0 radical (unpaired) electrons. The molecule has 0 saturated heterocycles.